The molecule has 0 aliphatic carbocycles. The van der Waals surface area contributed by atoms with E-state index in [9.17, 15) is 10.1 Å². The van der Waals surface area contributed by atoms with Crippen molar-refractivity contribution < 1.29 is 4.79 Å². The summed E-state index contributed by atoms with van der Waals surface area (Å²) in [7, 11) is 2.12. The van der Waals surface area contributed by atoms with Crippen molar-refractivity contribution in [3.8, 4) is 6.07 Å². The van der Waals surface area contributed by atoms with Crippen LogP contribution in [0.15, 0.2) is 30.3 Å². The van der Waals surface area contributed by atoms with Gasteiger partial charge in [0.15, 0.2) is 0 Å². The number of hydrogen-bond donors (Lipinski definition) is 0. The highest BCUT2D eigenvalue weighted by atomic mass is 16.2. The molecule has 1 aromatic carbocycles. The molecule has 1 aromatic rings. The Morgan fingerprint density at radius 2 is 1.68 bits per heavy atom. The monoisotopic (exact) mass is 340 g/mol. The maximum Gasteiger partial charge on any atom is 0.239 e. The third kappa shape index (κ3) is 3.70. The molecule has 3 rings (SSSR count). The van der Waals surface area contributed by atoms with Gasteiger partial charge in [-0.15, -0.1) is 0 Å². The SMILES string of the molecule is CC(C(=O)N1CCC(C#N)(c2ccccc2)CC1)N1CCN(C)CC1. The van der Waals surface area contributed by atoms with E-state index in [-0.39, 0.29) is 11.9 Å². The second-order valence-corrected chi connectivity index (χ2v) is 7.40. The van der Waals surface area contributed by atoms with Gasteiger partial charge in [-0.25, -0.2) is 0 Å². The molecule has 5 nitrogen and oxygen atoms in total. The summed E-state index contributed by atoms with van der Waals surface area (Å²) in [5.41, 5.74) is 0.631. The van der Waals surface area contributed by atoms with Crippen LogP contribution in [-0.2, 0) is 10.2 Å². The van der Waals surface area contributed by atoms with Crippen molar-refractivity contribution in [3.05, 3.63) is 35.9 Å². The van der Waals surface area contributed by atoms with E-state index in [0.717, 1.165) is 31.7 Å². The normalized spacial score (nSPS) is 23.0. The second kappa shape index (κ2) is 7.55. The lowest BCUT2D eigenvalue weighted by atomic mass is 9.74. The fourth-order valence-electron chi connectivity index (χ4n) is 3.96. The first-order valence-electron chi connectivity index (χ1n) is 9.24. The fraction of sp³-hybridized carbons (Fsp3) is 0.600. The molecule has 5 heteroatoms. The van der Waals surface area contributed by atoms with E-state index in [4.69, 9.17) is 0 Å². The number of nitrogens with zero attached hydrogens (tertiary/aromatic N) is 4. The van der Waals surface area contributed by atoms with E-state index in [0.29, 0.717) is 25.9 Å². The molecule has 2 saturated heterocycles. The third-order valence-electron chi connectivity index (χ3n) is 5.91. The number of piperidine rings is 1. The van der Waals surface area contributed by atoms with Crippen molar-refractivity contribution in [1.82, 2.24) is 14.7 Å². The Balaban J connectivity index is 1.61. The first kappa shape index (κ1) is 17.9. The number of carbonyl (C=O) groups excluding carboxylic acids is 1. The molecule has 2 aliphatic heterocycles. The summed E-state index contributed by atoms with van der Waals surface area (Å²) < 4.78 is 0. The largest absolute Gasteiger partial charge is 0.341 e. The minimum Gasteiger partial charge on any atom is -0.341 e. The molecule has 1 amide bonds. The number of nitriles is 1. The lowest BCUT2D eigenvalue weighted by Crippen LogP contribution is -2.55. The zero-order chi connectivity index (χ0) is 17.9. The van der Waals surface area contributed by atoms with Crippen LogP contribution in [0.1, 0.15) is 25.3 Å². The summed E-state index contributed by atoms with van der Waals surface area (Å²) >= 11 is 0. The van der Waals surface area contributed by atoms with Gasteiger partial charge in [0, 0.05) is 39.3 Å². The molecule has 1 unspecified atom stereocenters. The molecule has 0 N–H and O–H groups in total. The number of benzene rings is 1. The van der Waals surface area contributed by atoms with E-state index in [1.807, 2.05) is 42.2 Å². The van der Waals surface area contributed by atoms with Crippen LogP contribution in [0.5, 0.6) is 0 Å². The van der Waals surface area contributed by atoms with Crippen molar-refractivity contribution in [2.75, 3.05) is 46.3 Å². The summed E-state index contributed by atoms with van der Waals surface area (Å²) in [5.74, 6) is 0.212. The van der Waals surface area contributed by atoms with Crippen LogP contribution in [0.4, 0.5) is 0 Å². The van der Waals surface area contributed by atoms with Gasteiger partial charge >= 0.3 is 0 Å². The molecule has 0 saturated carbocycles. The van der Waals surface area contributed by atoms with Crippen LogP contribution in [0, 0.1) is 11.3 Å². The maximum atomic E-state index is 12.9. The predicted octanol–water partition coefficient (Wildman–Crippen LogP) is 1.71. The Morgan fingerprint density at radius 3 is 2.24 bits per heavy atom. The summed E-state index contributed by atoms with van der Waals surface area (Å²) in [5, 5.41) is 9.79. The van der Waals surface area contributed by atoms with E-state index < -0.39 is 5.41 Å². The molecule has 0 spiro atoms. The molecular weight excluding hydrogens is 312 g/mol. The summed E-state index contributed by atoms with van der Waals surface area (Å²) in [6.07, 6.45) is 1.43. The van der Waals surface area contributed by atoms with Gasteiger partial charge < -0.3 is 9.80 Å². The first-order valence-corrected chi connectivity index (χ1v) is 9.24. The molecule has 0 radical (unpaired) electrons. The summed E-state index contributed by atoms with van der Waals surface area (Å²) in [6, 6.07) is 12.5. The summed E-state index contributed by atoms with van der Waals surface area (Å²) in [4.78, 5) is 19.4. The lowest BCUT2D eigenvalue weighted by Gasteiger charge is -2.41. The Kier molecular flexibility index (Phi) is 5.41. The molecule has 2 aliphatic rings. The van der Waals surface area contributed by atoms with Crippen LogP contribution in [0.3, 0.4) is 0 Å². The van der Waals surface area contributed by atoms with Crippen LogP contribution in [-0.4, -0.2) is 73.0 Å². The van der Waals surface area contributed by atoms with Crippen LogP contribution < -0.4 is 0 Å². The van der Waals surface area contributed by atoms with E-state index in [2.05, 4.69) is 22.9 Å². The Morgan fingerprint density at radius 1 is 1.08 bits per heavy atom. The second-order valence-electron chi connectivity index (χ2n) is 7.40. The van der Waals surface area contributed by atoms with Crippen molar-refractivity contribution in [2.45, 2.75) is 31.2 Å². The zero-order valence-electron chi connectivity index (χ0n) is 15.3. The van der Waals surface area contributed by atoms with Gasteiger partial charge in [-0.2, -0.15) is 5.26 Å². The average molecular weight is 340 g/mol. The molecular formula is C20H28N4O. The van der Waals surface area contributed by atoms with Crippen LogP contribution in [0.25, 0.3) is 0 Å². The first-order chi connectivity index (χ1) is 12.1. The zero-order valence-corrected chi connectivity index (χ0v) is 15.3. The topological polar surface area (TPSA) is 50.6 Å². The van der Waals surface area contributed by atoms with Crippen molar-refractivity contribution >= 4 is 5.91 Å². The fourth-order valence-corrected chi connectivity index (χ4v) is 3.96. The van der Waals surface area contributed by atoms with E-state index >= 15 is 0 Å². The minimum absolute atomic E-state index is 0.0694. The van der Waals surface area contributed by atoms with Gasteiger partial charge in [-0.05, 0) is 32.4 Å². The van der Waals surface area contributed by atoms with Gasteiger partial charge in [-0.1, -0.05) is 30.3 Å². The quantitative estimate of drug-likeness (QED) is 0.840. The van der Waals surface area contributed by atoms with Crippen LogP contribution in [0.2, 0.25) is 0 Å². The van der Waals surface area contributed by atoms with Gasteiger partial charge in [0.05, 0.1) is 17.5 Å². The number of piperazine rings is 1. The van der Waals surface area contributed by atoms with Gasteiger partial charge in [0.25, 0.3) is 0 Å². The highest BCUT2D eigenvalue weighted by molar-refractivity contribution is 5.81. The molecule has 2 heterocycles. The highest BCUT2D eigenvalue weighted by Crippen LogP contribution is 2.35. The number of hydrogen-bond acceptors (Lipinski definition) is 4. The van der Waals surface area contributed by atoms with Crippen molar-refractivity contribution in [2.24, 2.45) is 0 Å². The average Bonchev–Trinajstić information content (AvgIpc) is 2.68. The predicted molar refractivity (Wildman–Crippen MR) is 98.1 cm³/mol. The molecule has 25 heavy (non-hydrogen) atoms. The minimum atomic E-state index is -0.449. The number of likely N-dealkylation sites (N-methyl/N-ethyl adjacent to an activating group) is 1. The Labute approximate surface area is 150 Å². The van der Waals surface area contributed by atoms with Gasteiger partial charge in [0.2, 0.25) is 5.91 Å². The molecule has 1 atom stereocenters. The molecule has 0 aromatic heterocycles. The number of likely N-dealkylation sites (tertiary alicyclic amines) is 1. The highest BCUT2D eigenvalue weighted by Gasteiger charge is 2.39. The van der Waals surface area contributed by atoms with Crippen LogP contribution >= 0.6 is 0 Å². The van der Waals surface area contributed by atoms with Gasteiger partial charge in [-0.3, -0.25) is 9.69 Å². The molecule has 134 valence electrons. The maximum absolute atomic E-state index is 12.9. The van der Waals surface area contributed by atoms with E-state index in [1.165, 1.54) is 0 Å². The molecule has 2 fully saturated rings. The van der Waals surface area contributed by atoms with Gasteiger partial charge in [0.1, 0.15) is 0 Å². The number of carbonyl (C=O) groups is 1. The molecule has 0 bridgehead atoms. The third-order valence-corrected chi connectivity index (χ3v) is 5.91. The summed E-state index contributed by atoms with van der Waals surface area (Å²) in [6.45, 7) is 7.29. The van der Waals surface area contributed by atoms with E-state index in [1.54, 1.807) is 0 Å². The Bertz CT molecular complexity index is 623. The Hall–Kier alpha value is -1.90. The number of amides is 1. The number of rotatable bonds is 3. The standard InChI is InChI=1S/C20H28N4O/c1-17(23-14-12-22(2)13-15-23)19(25)24-10-8-20(16-21,9-11-24)18-6-4-3-5-7-18/h3-7,17H,8-15H2,1-2H3. The van der Waals surface area contributed by atoms with Crippen molar-refractivity contribution in [3.63, 3.8) is 0 Å². The van der Waals surface area contributed by atoms with Crippen molar-refractivity contribution in [1.29, 1.82) is 5.26 Å². The smallest absolute Gasteiger partial charge is 0.239 e. The lowest BCUT2D eigenvalue weighted by molar-refractivity contribution is -0.138.